The van der Waals surface area contributed by atoms with Crippen molar-refractivity contribution < 1.29 is 4.74 Å². The van der Waals surface area contributed by atoms with Gasteiger partial charge in [0.1, 0.15) is 5.75 Å². The Morgan fingerprint density at radius 2 is 2.00 bits per heavy atom. The van der Waals surface area contributed by atoms with Crippen molar-refractivity contribution in [1.29, 1.82) is 0 Å². The molecule has 1 aromatic rings. The Labute approximate surface area is 104 Å². The molecule has 1 aliphatic rings. The van der Waals surface area contributed by atoms with Gasteiger partial charge in [0.15, 0.2) is 0 Å². The molecule has 2 nitrogen and oxygen atoms in total. The molecule has 1 aromatic carbocycles. The highest BCUT2D eigenvalue weighted by molar-refractivity contribution is 5.39. The van der Waals surface area contributed by atoms with Crippen LogP contribution in [-0.2, 0) is 0 Å². The summed E-state index contributed by atoms with van der Waals surface area (Å²) in [6, 6.07) is 6.85. The lowest BCUT2D eigenvalue weighted by molar-refractivity contribution is 0.206. The zero-order valence-corrected chi connectivity index (χ0v) is 11.1. The van der Waals surface area contributed by atoms with Gasteiger partial charge in [-0.15, -0.1) is 0 Å². The van der Waals surface area contributed by atoms with Crippen LogP contribution in [0.2, 0.25) is 0 Å². The molecule has 0 aliphatic heterocycles. The molecular formula is C15H23NO. The molecule has 0 bridgehead atoms. The second-order valence-electron chi connectivity index (χ2n) is 5.08. The van der Waals surface area contributed by atoms with Crippen molar-refractivity contribution in [2.75, 3.05) is 7.05 Å². The zero-order valence-electron chi connectivity index (χ0n) is 11.1. The number of nitrogens with one attached hydrogen (secondary N) is 1. The minimum absolute atomic E-state index is 0.340. The monoisotopic (exact) mass is 233 g/mol. The van der Waals surface area contributed by atoms with Crippen LogP contribution in [0, 0.1) is 6.92 Å². The van der Waals surface area contributed by atoms with Crippen LogP contribution >= 0.6 is 0 Å². The van der Waals surface area contributed by atoms with E-state index >= 15 is 0 Å². The maximum Gasteiger partial charge on any atom is 0.124 e. The number of ether oxygens (including phenoxy) is 1. The molecule has 1 fully saturated rings. The molecule has 0 amide bonds. The van der Waals surface area contributed by atoms with Crippen LogP contribution in [-0.4, -0.2) is 13.2 Å². The van der Waals surface area contributed by atoms with Crippen LogP contribution in [0.25, 0.3) is 0 Å². The third-order valence-electron chi connectivity index (χ3n) is 3.66. The van der Waals surface area contributed by atoms with Crippen molar-refractivity contribution in [3.63, 3.8) is 0 Å². The van der Waals surface area contributed by atoms with E-state index in [0.29, 0.717) is 12.1 Å². The number of rotatable bonds is 4. The number of hydrogen-bond donors (Lipinski definition) is 1. The van der Waals surface area contributed by atoms with Gasteiger partial charge >= 0.3 is 0 Å². The molecule has 1 saturated carbocycles. The maximum absolute atomic E-state index is 6.17. The molecular weight excluding hydrogens is 210 g/mol. The van der Waals surface area contributed by atoms with Gasteiger partial charge in [0, 0.05) is 11.6 Å². The fourth-order valence-corrected chi connectivity index (χ4v) is 2.44. The van der Waals surface area contributed by atoms with Crippen molar-refractivity contribution in [1.82, 2.24) is 5.32 Å². The SMILES string of the molecule is CNC(C)c1ccc(C)cc1OC1CCCC1. The molecule has 1 atom stereocenters. The topological polar surface area (TPSA) is 21.3 Å². The number of benzene rings is 1. The van der Waals surface area contributed by atoms with Crippen LogP contribution in [0.5, 0.6) is 5.75 Å². The van der Waals surface area contributed by atoms with Gasteiger partial charge in [-0.1, -0.05) is 12.1 Å². The van der Waals surface area contributed by atoms with Gasteiger partial charge in [0.05, 0.1) is 6.10 Å². The first-order valence-corrected chi connectivity index (χ1v) is 6.65. The van der Waals surface area contributed by atoms with E-state index in [2.05, 4.69) is 37.4 Å². The van der Waals surface area contributed by atoms with Gasteiger partial charge in [0.25, 0.3) is 0 Å². The van der Waals surface area contributed by atoms with Gasteiger partial charge in [0.2, 0.25) is 0 Å². The van der Waals surface area contributed by atoms with Gasteiger partial charge in [-0.05, 0) is 58.2 Å². The molecule has 0 aromatic heterocycles. The van der Waals surface area contributed by atoms with Crippen LogP contribution in [0.1, 0.15) is 49.8 Å². The van der Waals surface area contributed by atoms with Gasteiger partial charge in [-0.2, -0.15) is 0 Å². The first-order valence-electron chi connectivity index (χ1n) is 6.65. The molecule has 0 saturated heterocycles. The first kappa shape index (κ1) is 12.4. The molecule has 2 rings (SSSR count). The van der Waals surface area contributed by atoms with Gasteiger partial charge in [-0.25, -0.2) is 0 Å². The summed E-state index contributed by atoms with van der Waals surface area (Å²) in [7, 11) is 1.99. The van der Waals surface area contributed by atoms with E-state index < -0.39 is 0 Å². The molecule has 94 valence electrons. The van der Waals surface area contributed by atoms with Crippen LogP contribution in [0.4, 0.5) is 0 Å². The molecule has 17 heavy (non-hydrogen) atoms. The fraction of sp³-hybridized carbons (Fsp3) is 0.600. The highest BCUT2D eigenvalue weighted by Gasteiger charge is 2.19. The van der Waals surface area contributed by atoms with E-state index in [9.17, 15) is 0 Å². The molecule has 0 heterocycles. The third kappa shape index (κ3) is 3.01. The summed E-state index contributed by atoms with van der Waals surface area (Å²) in [5, 5.41) is 3.29. The smallest absolute Gasteiger partial charge is 0.124 e. The summed E-state index contributed by atoms with van der Waals surface area (Å²) in [4.78, 5) is 0. The highest BCUT2D eigenvalue weighted by Crippen LogP contribution is 2.30. The molecule has 0 spiro atoms. The Balaban J connectivity index is 2.19. The summed E-state index contributed by atoms with van der Waals surface area (Å²) in [6.45, 7) is 4.29. The third-order valence-corrected chi connectivity index (χ3v) is 3.66. The zero-order chi connectivity index (χ0) is 12.3. The van der Waals surface area contributed by atoms with Gasteiger partial charge in [-0.3, -0.25) is 0 Å². The lowest BCUT2D eigenvalue weighted by Gasteiger charge is -2.20. The lowest BCUT2D eigenvalue weighted by Crippen LogP contribution is -2.17. The largest absolute Gasteiger partial charge is 0.490 e. The van der Waals surface area contributed by atoms with E-state index in [1.807, 2.05) is 7.05 Å². The summed E-state index contributed by atoms with van der Waals surface area (Å²) in [5.74, 6) is 1.07. The Bertz CT molecular complexity index is 369. The number of aryl methyl sites for hydroxylation is 1. The maximum atomic E-state index is 6.17. The highest BCUT2D eigenvalue weighted by atomic mass is 16.5. The van der Waals surface area contributed by atoms with E-state index in [-0.39, 0.29) is 0 Å². The Kier molecular flexibility index (Phi) is 4.06. The molecule has 1 unspecified atom stereocenters. The van der Waals surface area contributed by atoms with Crippen LogP contribution in [0.3, 0.4) is 0 Å². The average Bonchev–Trinajstić information content (AvgIpc) is 2.81. The molecule has 1 aliphatic carbocycles. The predicted octanol–water partition coefficient (Wildman–Crippen LogP) is 3.60. The van der Waals surface area contributed by atoms with Crippen molar-refractivity contribution in [2.24, 2.45) is 0 Å². The van der Waals surface area contributed by atoms with Crippen molar-refractivity contribution in [2.45, 2.75) is 51.7 Å². The molecule has 1 N–H and O–H groups in total. The van der Waals surface area contributed by atoms with E-state index in [0.717, 1.165) is 5.75 Å². The van der Waals surface area contributed by atoms with Crippen molar-refractivity contribution in [3.8, 4) is 5.75 Å². The average molecular weight is 233 g/mol. The number of hydrogen-bond acceptors (Lipinski definition) is 2. The van der Waals surface area contributed by atoms with Crippen molar-refractivity contribution in [3.05, 3.63) is 29.3 Å². The van der Waals surface area contributed by atoms with Crippen molar-refractivity contribution >= 4 is 0 Å². The second-order valence-corrected chi connectivity index (χ2v) is 5.08. The van der Waals surface area contributed by atoms with Crippen LogP contribution < -0.4 is 10.1 Å². The summed E-state index contributed by atoms with van der Waals surface area (Å²) in [5.41, 5.74) is 2.54. The summed E-state index contributed by atoms with van der Waals surface area (Å²) >= 11 is 0. The summed E-state index contributed by atoms with van der Waals surface area (Å²) < 4.78 is 6.17. The second kappa shape index (κ2) is 5.54. The predicted molar refractivity (Wildman–Crippen MR) is 71.5 cm³/mol. The standard InChI is InChI=1S/C15H23NO/c1-11-8-9-14(12(2)16-3)15(10-11)17-13-6-4-5-7-13/h8-10,12-13,16H,4-7H2,1-3H3. The van der Waals surface area contributed by atoms with E-state index in [1.165, 1.54) is 36.8 Å². The Morgan fingerprint density at radius 1 is 1.29 bits per heavy atom. The minimum atomic E-state index is 0.340. The Morgan fingerprint density at radius 3 is 2.65 bits per heavy atom. The minimum Gasteiger partial charge on any atom is -0.490 e. The molecule has 0 radical (unpaired) electrons. The lowest BCUT2D eigenvalue weighted by atomic mass is 10.0. The molecule has 2 heteroatoms. The first-order chi connectivity index (χ1) is 8.20. The van der Waals surface area contributed by atoms with Gasteiger partial charge < -0.3 is 10.1 Å². The van der Waals surface area contributed by atoms with Crippen LogP contribution in [0.15, 0.2) is 18.2 Å². The normalized spacial score (nSPS) is 18.3. The van der Waals surface area contributed by atoms with E-state index in [1.54, 1.807) is 0 Å². The summed E-state index contributed by atoms with van der Waals surface area (Å²) in [6.07, 6.45) is 5.48. The Hall–Kier alpha value is -1.02. The fourth-order valence-electron chi connectivity index (χ4n) is 2.44. The van der Waals surface area contributed by atoms with E-state index in [4.69, 9.17) is 4.74 Å². The quantitative estimate of drug-likeness (QED) is 0.858.